The van der Waals surface area contributed by atoms with Crippen molar-refractivity contribution in [1.29, 1.82) is 0 Å². The lowest BCUT2D eigenvalue weighted by atomic mass is 10.1. The average molecular weight is 366 g/mol. The average Bonchev–Trinajstić information content (AvgIpc) is 2.82. The third kappa shape index (κ3) is 4.82. The van der Waals surface area contributed by atoms with E-state index in [1.54, 1.807) is 0 Å². The zero-order valence-electron chi connectivity index (χ0n) is 16.3. The van der Waals surface area contributed by atoms with Crippen LogP contribution in [0.2, 0.25) is 0 Å². The summed E-state index contributed by atoms with van der Waals surface area (Å²) in [6.07, 6.45) is 10.9. The van der Waals surface area contributed by atoms with E-state index in [0.717, 1.165) is 29.7 Å². The molecule has 1 amide bonds. The molecule has 0 radical (unpaired) electrons. The Morgan fingerprint density at radius 2 is 1.68 bits per heavy atom. The summed E-state index contributed by atoms with van der Waals surface area (Å²) >= 11 is 0. The fourth-order valence-electron chi connectivity index (χ4n) is 4.41. The minimum absolute atomic E-state index is 0.157. The lowest BCUT2D eigenvalue weighted by Gasteiger charge is -2.33. The smallest absolute Gasteiger partial charge is 0.265 e. The highest BCUT2D eigenvalue weighted by atomic mass is 31.2. The van der Waals surface area contributed by atoms with Gasteiger partial charge in [0.05, 0.1) is 18.5 Å². The van der Waals surface area contributed by atoms with Crippen molar-refractivity contribution in [3.05, 3.63) is 29.1 Å². The summed E-state index contributed by atoms with van der Waals surface area (Å²) in [7, 11) is -1.26. The van der Waals surface area contributed by atoms with Crippen LogP contribution in [0.5, 0.6) is 0 Å². The van der Waals surface area contributed by atoms with E-state index in [1.165, 1.54) is 56.3 Å². The number of aryl methyl sites for hydroxylation is 2. The van der Waals surface area contributed by atoms with Crippen LogP contribution in [0.25, 0.3) is 0 Å². The third-order valence-electron chi connectivity index (χ3n) is 5.86. The van der Waals surface area contributed by atoms with E-state index in [4.69, 9.17) is 0 Å². The molecule has 0 aromatic heterocycles. The molecular weight excluding hydrogens is 332 g/mol. The molecule has 0 spiro atoms. The minimum atomic E-state index is -1.26. The number of benzene rings is 1. The first-order valence-corrected chi connectivity index (χ1v) is 12.3. The van der Waals surface area contributed by atoms with Crippen LogP contribution in [0.1, 0.15) is 63.5 Å². The van der Waals surface area contributed by atoms with E-state index in [1.807, 2.05) is 13.8 Å². The first-order chi connectivity index (χ1) is 11.9. The monoisotopic (exact) mass is 366 g/mol. The second-order valence-corrected chi connectivity index (χ2v) is 12.2. The topological polar surface area (TPSA) is 29.1 Å². The van der Waals surface area contributed by atoms with Crippen LogP contribution in [0.3, 0.4) is 0 Å². The number of carbonyl (C=O) groups is 1. The first-order valence-electron chi connectivity index (χ1n) is 9.87. The number of amides is 1. The molecule has 140 valence electrons. The number of nitrogens with one attached hydrogen (secondary N) is 1. The van der Waals surface area contributed by atoms with Gasteiger partial charge in [0, 0.05) is 12.9 Å². The predicted octanol–water partition coefficient (Wildman–Crippen LogP) is 6.16. The highest BCUT2D eigenvalue weighted by Crippen LogP contribution is 2.66. The predicted molar refractivity (Wildman–Crippen MR) is 109 cm³/mol. The van der Waals surface area contributed by atoms with E-state index in [-0.39, 0.29) is 17.4 Å². The largest absolute Gasteiger partial charge is 0.322 e. The van der Waals surface area contributed by atoms with E-state index in [0.29, 0.717) is 0 Å². The van der Waals surface area contributed by atoms with Gasteiger partial charge in [-0.1, -0.05) is 13.3 Å². The molecule has 0 aliphatic carbocycles. The van der Waals surface area contributed by atoms with Crippen LogP contribution in [0.4, 0.5) is 10.1 Å². The Balaban J connectivity index is 2.28. The molecule has 0 saturated carbocycles. The molecule has 1 aromatic carbocycles. The lowest BCUT2D eigenvalue weighted by Crippen LogP contribution is -2.34. The van der Waals surface area contributed by atoms with Crippen molar-refractivity contribution in [1.82, 2.24) is 0 Å². The quantitative estimate of drug-likeness (QED) is 0.600. The van der Waals surface area contributed by atoms with Crippen molar-refractivity contribution < 1.29 is 9.18 Å². The van der Waals surface area contributed by atoms with Gasteiger partial charge in [-0.25, -0.2) is 4.39 Å². The second-order valence-electron chi connectivity index (χ2n) is 7.60. The Labute approximate surface area is 153 Å². The molecule has 1 aliphatic rings. The molecule has 1 aliphatic heterocycles. The van der Waals surface area contributed by atoms with Crippen LogP contribution >= 0.6 is 7.26 Å². The molecule has 1 atom stereocenters. The van der Waals surface area contributed by atoms with Crippen LogP contribution in [-0.2, 0) is 4.79 Å². The highest BCUT2D eigenvalue weighted by Gasteiger charge is 2.47. The highest BCUT2D eigenvalue weighted by molar-refractivity contribution is 7.77. The van der Waals surface area contributed by atoms with Gasteiger partial charge in [-0.05, 0) is 76.1 Å². The van der Waals surface area contributed by atoms with Crippen LogP contribution < -0.4 is 5.32 Å². The summed E-state index contributed by atoms with van der Waals surface area (Å²) in [5, 5.41) is 3.19. The van der Waals surface area contributed by atoms with E-state index in [2.05, 4.69) is 19.2 Å². The van der Waals surface area contributed by atoms with Gasteiger partial charge in [0.15, 0.2) is 0 Å². The maximum atomic E-state index is 13.6. The van der Waals surface area contributed by atoms with Crippen LogP contribution in [0.15, 0.2) is 12.1 Å². The van der Waals surface area contributed by atoms with Crippen molar-refractivity contribution in [3.63, 3.8) is 0 Å². The molecule has 4 heteroatoms. The SMILES string of the molecule is CCCC(C(=O)Nc1c(C)cc(F)cc1C)[P+]1(CC)CCCCCC1. The Kier molecular flexibility index (Phi) is 7.43. The molecule has 1 aromatic rings. The van der Waals surface area contributed by atoms with E-state index < -0.39 is 7.26 Å². The molecular formula is C21H34FNOP+. The van der Waals surface area contributed by atoms with Gasteiger partial charge >= 0.3 is 0 Å². The third-order valence-corrected chi connectivity index (χ3v) is 11.3. The number of halogens is 1. The summed E-state index contributed by atoms with van der Waals surface area (Å²) in [5.41, 5.74) is 2.58. The molecule has 1 N–H and O–H groups in total. The van der Waals surface area contributed by atoms with Gasteiger partial charge in [0.2, 0.25) is 0 Å². The number of anilines is 1. The zero-order valence-corrected chi connectivity index (χ0v) is 17.2. The summed E-state index contributed by atoms with van der Waals surface area (Å²) in [6, 6.07) is 3.02. The summed E-state index contributed by atoms with van der Waals surface area (Å²) in [4.78, 5) is 13.3. The Hall–Kier alpha value is -0.950. The summed E-state index contributed by atoms with van der Waals surface area (Å²) < 4.78 is 13.6. The molecule has 1 unspecified atom stereocenters. The maximum Gasteiger partial charge on any atom is 0.265 e. The van der Waals surface area contributed by atoms with Gasteiger partial charge in [0.25, 0.3) is 5.91 Å². The fourth-order valence-corrected chi connectivity index (χ4v) is 9.40. The van der Waals surface area contributed by atoms with E-state index >= 15 is 0 Å². The van der Waals surface area contributed by atoms with Gasteiger partial charge in [0.1, 0.15) is 11.5 Å². The molecule has 0 bridgehead atoms. The molecule has 1 heterocycles. The molecule has 25 heavy (non-hydrogen) atoms. The number of hydrogen-bond acceptors (Lipinski definition) is 1. The van der Waals surface area contributed by atoms with Crippen molar-refractivity contribution in [2.24, 2.45) is 0 Å². The first kappa shape index (κ1) is 20.4. The number of carbonyl (C=O) groups excluding carboxylic acids is 1. The second kappa shape index (κ2) is 9.12. The van der Waals surface area contributed by atoms with Crippen molar-refractivity contribution >= 4 is 18.9 Å². The molecule has 2 rings (SSSR count). The standard InChI is InChI=1S/C21H33FNOP/c1-5-11-19(25(6-2)12-9-7-8-10-13-25)21(24)23-20-16(3)14-18(22)15-17(20)4/h14-15,19H,5-13H2,1-4H3/p+1. The lowest BCUT2D eigenvalue weighted by molar-refractivity contribution is -0.116. The molecule has 2 nitrogen and oxygen atoms in total. The van der Waals surface area contributed by atoms with Gasteiger partial charge in [-0.2, -0.15) is 0 Å². The minimum Gasteiger partial charge on any atom is -0.322 e. The fraction of sp³-hybridized carbons (Fsp3) is 0.667. The normalized spacial score (nSPS) is 18.4. The zero-order chi connectivity index (χ0) is 18.4. The van der Waals surface area contributed by atoms with Gasteiger partial charge in [-0.3, -0.25) is 4.79 Å². The number of hydrogen-bond donors (Lipinski definition) is 1. The molecule has 1 saturated heterocycles. The number of rotatable bonds is 6. The summed E-state index contributed by atoms with van der Waals surface area (Å²) in [6.45, 7) is 8.22. The molecule has 1 fully saturated rings. The Morgan fingerprint density at radius 1 is 1.12 bits per heavy atom. The van der Waals surface area contributed by atoms with Crippen LogP contribution in [0, 0.1) is 19.7 Å². The van der Waals surface area contributed by atoms with Crippen molar-refractivity contribution in [3.8, 4) is 0 Å². The Bertz CT molecular complexity index is 571. The van der Waals surface area contributed by atoms with Gasteiger partial charge < -0.3 is 5.32 Å². The Morgan fingerprint density at radius 3 is 2.16 bits per heavy atom. The van der Waals surface area contributed by atoms with Crippen LogP contribution in [-0.4, -0.2) is 30.1 Å². The maximum absolute atomic E-state index is 13.6. The summed E-state index contributed by atoms with van der Waals surface area (Å²) in [5.74, 6) is -0.0591. The van der Waals surface area contributed by atoms with Crippen molar-refractivity contribution in [2.75, 3.05) is 23.8 Å². The van der Waals surface area contributed by atoms with Crippen molar-refractivity contribution in [2.45, 2.75) is 71.9 Å². The van der Waals surface area contributed by atoms with Gasteiger partial charge in [-0.15, -0.1) is 0 Å². The van der Waals surface area contributed by atoms with E-state index in [9.17, 15) is 9.18 Å².